The van der Waals surface area contributed by atoms with Gasteiger partial charge in [-0.3, -0.25) is 4.79 Å². The fraction of sp³-hybridized carbons (Fsp3) is 0.375. The van der Waals surface area contributed by atoms with Crippen LogP contribution >= 0.6 is 0 Å². The van der Waals surface area contributed by atoms with E-state index in [9.17, 15) is 13.2 Å². The van der Waals surface area contributed by atoms with Gasteiger partial charge in [-0.25, -0.2) is 8.42 Å². The van der Waals surface area contributed by atoms with Gasteiger partial charge in [-0.1, -0.05) is 49.6 Å². The minimum Gasteiger partial charge on any atom is -0.451 e. The first-order valence-corrected chi connectivity index (χ1v) is 12.2. The number of furan rings is 1. The molecule has 7 heteroatoms. The van der Waals surface area contributed by atoms with E-state index < -0.39 is 10.0 Å². The van der Waals surface area contributed by atoms with Crippen LogP contribution in [0.4, 0.5) is 0 Å². The number of fused-ring (bicyclic) bond motifs is 1. The van der Waals surface area contributed by atoms with E-state index >= 15 is 0 Å². The van der Waals surface area contributed by atoms with E-state index in [2.05, 4.69) is 5.32 Å². The largest absolute Gasteiger partial charge is 0.451 e. The van der Waals surface area contributed by atoms with Crippen molar-refractivity contribution < 1.29 is 17.6 Å². The molecule has 1 aliphatic carbocycles. The highest BCUT2D eigenvalue weighted by atomic mass is 32.2. The van der Waals surface area contributed by atoms with Crippen molar-refractivity contribution in [1.29, 1.82) is 0 Å². The molecule has 2 aromatic carbocycles. The van der Waals surface area contributed by atoms with E-state index in [1.807, 2.05) is 30.3 Å². The van der Waals surface area contributed by atoms with E-state index in [1.165, 1.54) is 10.7 Å². The highest BCUT2D eigenvalue weighted by Gasteiger charge is 2.30. The molecule has 1 heterocycles. The molecular weight excluding hydrogens is 412 g/mol. The number of hydrogen-bond acceptors (Lipinski definition) is 4. The average Bonchev–Trinajstić information content (AvgIpc) is 3.14. The quantitative estimate of drug-likeness (QED) is 0.606. The molecule has 1 aliphatic rings. The van der Waals surface area contributed by atoms with Gasteiger partial charge >= 0.3 is 0 Å². The first-order chi connectivity index (χ1) is 14.9. The average molecular weight is 441 g/mol. The van der Waals surface area contributed by atoms with Crippen LogP contribution in [-0.2, 0) is 16.6 Å². The highest BCUT2D eigenvalue weighted by Crippen LogP contribution is 2.31. The number of carbonyl (C=O) groups excluding carboxylic acids is 1. The number of benzene rings is 2. The molecule has 1 N–H and O–H groups in total. The Balaban J connectivity index is 1.58. The second-order valence-corrected chi connectivity index (χ2v) is 10.2. The molecule has 0 bridgehead atoms. The molecule has 1 aromatic heterocycles. The van der Waals surface area contributed by atoms with Gasteiger partial charge in [0.05, 0.1) is 4.90 Å². The van der Waals surface area contributed by atoms with Gasteiger partial charge in [0.2, 0.25) is 10.0 Å². The Bertz CT molecular complexity index is 1180. The summed E-state index contributed by atoms with van der Waals surface area (Å²) >= 11 is 0. The fourth-order valence-electron chi connectivity index (χ4n) is 4.24. The molecule has 6 nitrogen and oxygen atoms in total. The van der Waals surface area contributed by atoms with Gasteiger partial charge in [0, 0.05) is 30.6 Å². The molecule has 0 unspecified atom stereocenters. The maximum absolute atomic E-state index is 13.2. The first-order valence-electron chi connectivity index (χ1n) is 10.7. The summed E-state index contributed by atoms with van der Waals surface area (Å²) in [5.74, 6) is -0.109. The Kier molecular flexibility index (Phi) is 6.16. The molecule has 3 aromatic rings. The summed E-state index contributed by atoms with van der Waals surface area (Å²) in [6, 6.07) is 14.5. The van der Waals surface area contributed by atoms with Crippen LogP contribution in [0.2, 0.25) is 0 Å². The maximum atomic E-state index is 13.2. The standard InChI is InChI=1S/C24H28N2O4S/c1-17-21-15-20(31(28,29)26(2)19-11-7-4-8-12-19)13-14-22(21)30-23(17)24(27)25-16-18-9-5-3-6-10-18/h3,5-6,9-10,13-15,19H,4,7-8,11-12,16H2,1-2H3,(H,25,27). The topological polar surface area (TPSA) is 79.6 Å². The van der Waals surface area contributed by atoms with Gasteiger partial charge in [-0.15, -0.1) is 0 Å². The Morgan fingerprint density at radius 1 is 1.10 bits per heavy atom. The highest BCUT2D eigenvalue weighted by molar-refractivity contribution is 7.89. The van der Waals surface area contributed by atoms with Gasteiger partial charge < -0.3 is 9.73 Å². The van der Waals surface area contributed by atoms with Crippen LogP contribution < -0.4 is 5.32 Å². The zero-order valence-corrected chi connectivity index (χ0v) is 18.7. The van der Waals surface area contributed by atoms with E-state index in [-0.39, 0.29) is 22.6 Å². The van der Waals surface area contributed by atoms with Gasteiger partial charge in [0.25, 0.3) is 5.91 Å². The third kappa shape index (κ3) is 4.38. The van der Waals surface area contributed by atoms with Crippen molar-refractivity contribution in [3.63, 3.8) is 0 Å². The summed E-state index contributed by atoms with van der Waals surface area (Å²) in [7, 11) is -1.95. The Morgan fingerprint density at radius 2 is 1.81 bits per heavy atom. The zero-order valence-electron chi connectivity index (χ0n) is 17.9. The van der Waals surface area contributed by atoms with E-state index in [0.717, 1.165) is 31.2 Å². The molecule has 164 valence electrons. The molecule has 0 atom stereocenters. The number of hydrogen-bond donors (Lipinski definition) is 1. The number of nitrogens with zero attached hydrogens (tertiary/aromatic N) is 1. The minimum atomic E-state index is -3.61. The van der Waals surface area contributed by atoms with Gasteiger partial charge in [-0.05, 0) is 43.5 Å². The van der Waals surface area contributed by atoms with Crippen LogP contribution in [0.5, 0.6) is 0 Å². The van der Waals surface area contributed by atoms with Crippen LogP contribution in [0, 0.1) is 6.92 Å². The SMILES string of the molecule is Cc1c(C(=O)NCc2ccccc2)oc2ccc(S(=O)(=O)N(C)C3CCCCC3)cc12. The van der Waals surface area contributed by atoms with E-state index in [4.69, 9.17) is 4.42 Å². The monoisotopic (exact) mass is 440 g/mol. The summed E-state index contributed by atoms with van der Waals surface area (Å²) in [6.45, 7) is 2.17. The summed E-state index contributed by atoms with van der Waals surface area (Å²) in [4.78, 5) is 12.9. The van der Waals surface area contributed by atoms with Crippen molar-refractivity contribution in [2.45, 2.75) is 56.5 Å². The third-order valence-electron chi connectivity index (χ3n) is 6.18. The molecule has 0 spiro atoms. The Labute approximate surface area is 183 Å². The van der Waals surface area contributed by atoms with Crippen molar-refractivity contribution >= 4 is 26.9 Å². The maximum Gasteiger partial charge on any atom is 0.287 e. The Hall–Kier alpha value is -2.64. The molecule has 0 saturated heterocycles. The van der Waals surface area contributed by atoms with Crippen LogP contribution in [0.25, 0.3) is 11.0 Å². The lowest BCUT2D eigenvalue weighted by Crippen LogP contribution is -2.38. The summed E-state index contributed by atoms with van der Waals surface area (Å²) < 4.78 is 33.7. The summed E-state index contributed by atoms with van der Waals surface area (Å²) in [5, 5.41) is 3.51. The van der Waals surface area contributed by atoms with Gasteiger partial charge in [0.15, 0.2) is 5.76 Å². The molecule has 1 saturated carbocycles. The number of aryl methyl sites for hydroxylation is 1. The van der Waals surface area contributed by atoms with Crippen molar-refractivity contribution in [3.05, 3.63) is 65.4 Å². The van der Waals surface area contributed by atoms with Crippen molar-refractivity contribution in [2.24, 2.45) is 0 Å². The van der Waals surface area contributed by atoms with Crippen LogP contribution in [0.3, 0.4) is 0 Å². The predicted molar refractivity (Wildman–Crippen MR) is 120 cm³/mol. The zero-order chi connectivity index (χ0) is 22.0. The molecular formula is C24H28N2O4S. The first kappa shape index (κ1) is 21.6. The number of sulfonamides is 1. The molecule has 4 rings (SSSR count). The lowest BCUT2D eigenvalue weighted by Gasteiger charge is -2.30. The van der Waals surface area contributed by atoms with Gasteiger partial charge in [-0.2, -0.15) is 4.31 Å². The summed E-state index contributed by atoms with van der Waals surface area (Å²) in [5.41, 5.74) is 2.13. The van der Waals surface area contributed by atoms with Gasteiger partial charge in [0.1, 0.15) is 5.58 Å². The third-order valence-corrected chi connectivity index (χ3v) is 8.08. The molecule has 1 amide bonds. The number of carbonyl (C=O) groups is 1. The van der Waals surface area contributed by atoms with Crippen LogP contribution in [-0.4, -0.2) is 31.7 Å². The molecule has 0 aliphatic heterocycles. The summed E-state index contributed by atoms with van der Waals surface area (Å²) in [6.07, 6.45) is 5.08. The lowest BCUT2D eigenvalue weighted by molar-refractivity contribution is 0.0924. The smallest absolute Gasteiger partial charge is 0.287 e. The Morgan fingerprint density at radius 3 is 2.52 bits per heavy atom. The fourth-order valence-corrected chi connectivity index (χ4v) is 5.69. The molecule has 1 fully saturated rings. The molecule has 31 heavy (non-hydrogen) atoms. The van der Waals surface area contributed by atoms with Crippen LogP contribution in [0.1, 0.15) is 53.8 Å². The normalized spacial score (nSPS) is 15.5. The lowest BCUT2D eigenvalue weighted by atomic mass is 9.96. The second-order valence-electron chi connectivity index (χ2n) is 8.20. The molecule has 0 radical (unpaired) electrons. The second kappa shape index (κ2) is 8.85. The van der Waals surface area contributed by atoms with E-state index in [1.54, 1.807) is 32.2 Å². The van der Waals surface area contributed by atoms with Crippen molar-refractivity contribution in [1.82, 2.24) is 9.62 Å². The van der Waals surface area contributed by atoms with E-state index in [0.29, 0.717) is 23.1 Å². The van der Waals surface area contributed by atoms with Crippen LogP contribution in [0.15, 0.2) is 57.8 Å². The predicted octanol–water partition coefficient (Wildman–Crippen LogP) is 4.62. The number of nitrogens with one attached hydrogen (secondary N) is 1. The number of rotatable bonds is 6. The van der Waals surface area contributed by atoms with Crippen molar-refractivity contribution in [3.8, 4) is 0 Å². The minimum absolute atomic E-state index is 0.0409. The van der Waals surface area contributed by atoms with Crippen molar-refractivity contribution in [2.75, 3.05) is 7.05 Å². The number of amides is 1.